The Morgan fingerprint density at radius 1 is 1.20 bits per heavy atom. The van der Waals surface area contributed by atoms with E-state index in [0.717, 1.165) is 40.2 Å². The predicted octanol–water partition coefficient (Wildman–Crippen LogP) is 4.06. The third-order valence-electron chi connectivity index (χ3n) is 3.45. The average molecular weight is 333 g/mol. The molecule has 3 N–H and O–H groups in total. The number of nitrogens with zero attached hydrogens (tertiary/aromatic N) is 2. The Labute approximate surface area is 127 Å². The fourth-order valence-corrected chi connectivity index (χ4v) is 2.75. The van der Waals surface area contributed by atoms with Gasteiger partial charge in [0, 0.05) is 21.6 Å². The summed E-state index contributed by atoms with van der Waals surface area (Å²) in [4.78, 5) is 9.02. The van der Waals surface area contributed by atoms with Crippen molar-refractivity contribution in [1.29, 1.82) is 0 Å². The van der Waals surface area contributed by atoms with Crippen LogP contribution < -0.4 is 11.1 Å². The number of hydrogen-bond acceptors (Lipinski definition) is 4. The fourth-order valence-electron chi connectivity index (χ4n) is 2.14. The Hall–Kier alpha value is -1.62. The van der Waals surface area contributed by atoms with Gasteiger partial charge in [0.1, 0.15) is 17.5 Å². The van der Waals surface area contributed by atoms with Gasteiger partial charge in [0.15, 0.2) is 0 Å². The van der Waals surface area contributed by atoms with E-state index in [4.69, 9.17) is 5.73 Å². The summed E-state index contributed by atoms with van der Waals surface area (Å²) in [6.07, 6.45) is 2.33. The summed E-state index contributed by atoms with van der Waals surface area (Å²) in [6, 6.07) is 6.18. The number of rotatable bonds is 3. The molecule has 0 spiro atoms. The van der Waals surface area contributed by atoms with Crippen LogP contribution in [0.5, 0.6) is 0 Å². The molecule has 3 rings (SSSR count). The van der Waals surface area contributed by atoms with E-state index in [1.807, 2.05) is 13.0 Å². The van der Waals surface area contributed by atoms with Gasteiger partial charge >= 0.3 is 0 Å². The van der Waals surface area contributed by atoms with Crippen molar-refractivity contribution in [1.82, 2.24) is 9.97 Å². The summed E-state index contributed by atoms with van der Waals surface area (Å²) in [5.74, 6) is 2.72. The lowest BCUT2D eigenvalue weighted by Gasteiger charge is -2.12. The highest BCUT2D eigenvalue weighted by molar-refractivity contribution is 9.10. The molecule has 0 saturated heterocycles. The number of nitrogens with two attached hydrogens (primary N) is 1. The quantitative estimate of drug-likeness (QED) is 0.889. The van der Waals surface area contributed by atoms with Crippen LogP contribution in [0.3, 0.4) is 0 Å². The van der Waals surface area contributed by atoms with Gasteiger partial charge in [0.25, 0.3) is 0 Å². The monoisotopic (exact) mass is 332 g/mol. The second kappa shape index (κ2) is 5.05. The molecule has 104 valence electrons. The molecular formula is C15H17BrN4. The lowest BCUT2D eigenvalue weighted by atomic mass is 10.2. The molecule has 1 saturated carbocycles. The van der Waals surface area contributed by atoms with E-state index in [1.54, 1.807) is 0 Å². The van der Waals surface area contributed by atoms with Crippen molar-refractivity contribution in [3.8, 4) is 0 Å². The van der Waals surface area contributed by atoms with Crippen LogP contribution in [0.4, 0.5) is 17.3 Å². The molecule has 1 fully saturated rings. The van der Waals surface area contributed by atoms with E-state index in [-0.39, 0.29) is 0 Å². The molecule has 1 aromatic heterocycles. The predicted molar refractivity (Wildman–Crippen MR) is 85.3 cm³/mol. The fraction of sp³-hybridized carbons (Fsp3) is 0.333. The topological polar surface area (TPSA) is 63.8 Å². The number of aromatic nitrogens is 2. The Balaban J connectivity index is 1.96. The number of anilines is 3. The molecule has 1 aliphatic rings. The zero-order valence-electron chi connectivity index (χ0n) is 11.6. The molecule has 0 radical (unpaired) electrons. The van der Waals surface area contributed by atoms with Gasteiger partial charge in [-0.1, -0.05) is 15.9 Å². The van der Waals surface area contributed by atoms with Gasteiger partial charge in [-0.25, -0.2) is 9.97 Å². The smallest absolute Gasteiger partial charge is 0.139 e. The van der Waals surface area contributed by atoms with Gasteiger partial charge in [0.2, 0.25) is 0 Å². The molecule has 1 heterocycles. The minimum absolute atomic E-state index is 0.489. The number of aryl methyl sites for hydroxylation is 1. The number of halogens is 1. The highest BCUT2D eigenvalue weighted by atomic mass is 79.9. The maximum atomic E-state index is 6.00. The molecule has 0 aliphatic heterocycles. The lowest BCUT2D eigenvalue weighted by molar-refractivity contribution is 0.928. The first kappa shape index (κ1) is 13.4. The van der Waals surface area contributed by atoms with E-state index < -0.39 is 0 Å². The van der Waals surface area contributed by atoms with Gasteiger partial charge < -0.3 is 11.1 Å². The van der Waals surface area contributed by atoms with Crippen LogP contribution >= 0.6 is 15.9 Å². The molecule has 0 atom stereocenters. The number of nitrogen functional groups attached to an aromatic ring is 1. The summed E-state index contributed by atoms with van der Waals surface area (Å²) < 4.78 is 1.04. The molecule has 0 bridgehead atoms. The van der Waals surface area contributed by atoms with E-state index in [0.29, 0.717) is 11.7 Å². The minimum Gasteiger partial charge on any atom is -0.383 e. The Morgan fingerprint density at radius 2 is 1.95 bits per heavy atom. The molecule has 1 aromatic carbocycles. The van der Waals surface area contributed by atoms with Gasteiger partial charge in [-0.2, -0.15) is 0 Å². The Morgan fingerprint density at radius 3 is 2.60 bits per heavy atom. The molecule has 0 unspecified atom stereocenters. The van der Waals surface area contributed by atoms with Crippen molar-refractivity contribution in [3.05, 3.63) is 39.6 Å². The van der Waals surface area contributed by atoms with E-state index in [1.165, 1.54) is 5.56 Å². The second-order valence-corrected chi connectivity index (χ2v) is 6.27. The molecule has 20 heavy (non-hydrogen) atoms. The van der Waals surface area contributed by atoms with Gasteiger partial charge in [-0.3, -0.25) is 0 Å². The average Bonchev–Trinajstić information content (AvgIpc) is 3.17. The minimum atomic E-state index is 0.489. The summed E-state index contributed by atoms with van der Waals surface area (Å²) in [7, 11) is 0. The first-order valence-electron chi connectivity index (χ1n) is 6.71. The van der Waals surface area contributed by atoms with Gasteiger partial charge in [-0.15, -0.1) is 0 Å². The Bertz CT molecular complexity index is 645. The van der Waals surface area contributed by atoms with Crippen LogP contribution in [0, 0.1) is 13.8 Å². The van der Waals surface area contributed by atoms with Crippen molar-refractivity contribution < 1.29 is 0 Å². The lowest BCUT2D eigenvalue weighted by Crippen LogP contribution is -2.06. The summed E-state index contributed by atoms with van der Waals surface area (Å²) in [5, 5.41) is 3.36. The zero-order chi connectivity index (χ0) is 14.3. The number of benzene rings is 1. The summed E-state index contributed by atoms with van der Waals surface area (Å²) >= 11 is 3.51. The van der Waals surface area contributed by atoms with Crippen LogP contribution in [-0.2, 0) is 0 Å². The van der Waals surface area contributed by atoms with Gasteiger partial charge in [0.05, 0.1) is 0 Å². The third-order valence-corrected chi connectivity index (χ3v) is 3.91. The SMILES string of the molecule is Cc1cc(Br)cc(Nc2nc(C3CC3)nc(N)c2C)c1. The maximum Gasteiger partial charge on any atom is 0.139 e. The van der Waals surface area contributed by atoms with E-state index >= 15 is 0 Å². The summed E-state index contributed by atoms with van der Waals surface area (Å²) in [5.41, 5.74) is 9.08. The Kier molecular flexibility index (Phi) is 3.38. The standard InChI is InChI=1S/C15H17BrN4/c1-8-5-11(16)7-12(6-8)18-14-9(2)13(17)19-15(20-14)10-3-4-10/h5-7,10H,3-4H2,1-2H3,(H3,17,18,19,20). The van der Waals surface area contributed by atoms with Crippen molar-refractivity contribution in [3.63, 3.8) is 0 Å². The molecule has 5 heteroatoms. The number of nitrogens with one attached hydrogen (secondary N) is 1. The van der Waals surface area contributed by atoms with Crippen LogP contribution in [0.2, 0.25) is 0 Å². The largest absolute Gasteiger partial charge is 0.383 e. The van der Waals surface area contributed by atoms with Crippen molar-refractivity contribution >= 4 is 33.3 Å². The summed E-state index contributed by atoms with van der Waals surface area (Å²) in [6.45, 7) is 4.01. The molecule has 0 amide bonds. The van der Waals surface area contributed by atoms with Crippen LogP contribution in [0.15, 0.2) is 22.7 Å². The van der Waals surface area contributed by atoms with E-state index in [9.17, 15) is 0 Å². The maximum absolute atomic E-state index is 6.00. The third kappa shape index (κ3) is 2.77. The first-order chi connectivity index (χ1) is 9.52. The second-order valence-electron chi connectivity index (χ2n) is 5.36. The van der Waals surface area contributed by atoms with Gasteiger partial charge in [-0.05, 0) is 50.5 Å². The van der Waals surface area contributed by atoms with Crippen molar-refractivity contribution in [2.24, 2.45) is 0 Å². The van der Waals surface area contributed by atoms with E-state index in [2.05, 4.69) is 50.3 Å². The molecule has 4 nitrogen and oxygen atoms in total. The zero-order valence-corrected chi connectivity index (χ0v) is 13.2. The first-order valence-corrected chi connectivity index (χ1v) is 7.50. The van der Waals surface area contributed by atoms with Crippen LogP contribution in [-0.4, -0.2) is 9.97 Å². The normalized spacial score (nSPS) is 14.3. The molecule has 1 aliphatic carbocycles. The molecular weight excluding hydrogens is 316 g/mol. The van der Waals surface area contributed by atoms with Crippen LogP contribution in [0.1, 0.15) is 35.7 Å². The van der Waals surface area contributed by atoms with Crippen molar-refractivity contribution in [2.45, 2.75) is 32.6 Å². The molecule has 2 aromatic rings. The van der Waals surface area contributed by atoms with Crippen LogP contribution in [0.25, 0.3) is 0 Å². The number of hydrogen-bond donors (Lipinski definition) is 2. The highest BCUT2D eigenvalue weighted by Crippen LogP contribution is 2.39. The van der Waals surface area contributed by atoms with Crippen molar-refractivity contribution in [2.75, 3.05) is 11.1 Å². The highest BCUT2D eigenvalue weighted by Gasteiger charge is 2.27.